The van der Waals surface area contributed by atoms with Crippen LogP contribution in [-0.4, -0.2) is 27.3 Å². The summed E-state index contributed by atoms with van der Waals surface area (Å²) in [5.41, 5.74) is 5.83. The summed E-state index contributed by atoms with van der Waals surface area (Å²) in [7, 11) is 1.61. The van der Waals surface area contributed by atoms with Gasteiger partial charge < -0.3 is 14.9 Å². The number of ether oxygens (including phenoxy) is 1. The van der Waals surface area contributed by atoms with Gasteiger partial charge in [-0.2, -0.15) is 0 Å². The molecule has 0 atom stereocenters. The van der Waals surface area contributed by atoms with E-state index in [0.29, 0.717) is 10.8 Å². The maximum absolute atomic E-state index is 9.47. The monoisotopic (exact) mass is 534 g/mol. The average Bonchev–Trinajstić information content (AvgIpc) is 3.00. The van der Waals surface area contributed by atoms with Gasteiger partial charge in [-0.3, -0.25) is 9.97 Å². The van der Waals surface area contributed by atoms with Gasteiger partial charge in [0, 0.05) is 57.3 Å². The molecule has 0 aliphatic heterocycles. The third kappa shape index (κ3) is 5.61. The molecule has 6 aromatic rings. The summed E-state index contributed by atoms with van der Waals surface area (Å²) in [6.07, 6.45) is 7.29. The van der Waals surface area contributed by atoms with E-state index in [1.807, 2.05) is 91.4 Å². The van der Waals surface area contributed by atoms with Crippen LogP contribution in [0.4, 0.5) is 0 Å². The molecule has 194 valence electrons. The maximum Gasteiger partial charge on any atom is 0.125 e. The van der Waals surface area contributed by atoms with Gasteiger partial charge >= 0.3 is 0 Å². The first kappa shape index (κ1) is 26.3. The molecule has 0 saturated heterocycles. The zero-order valence-corrected chi connectivity index (χ0v) is 22.1. The minimum Gasteiger partial charge on any atom is -0.496 e. The van der Waals surface area contributed by atoms with E-state index in [2.05, 4.69) is 22.1 Å². The Bertz CT molecular complexity index is 1720. The van der Waals surface area contributed by atoms with Gasteiger partial charge in [0.15, 0.2) is 0 Å². The summed E-state index contributed by atoms with van der Waals surface area (Å²) in [6.45, 7) is -0.110. The Morgan fingerprint density at radius 2 is 1.13 bits per heavy atom. The lowest BCUT2D eigenvalue weighted by Crippen LogP contribution is -1.93. The van der Waals surface area contributed by atoms with Crippen molar-refractivity contribution in [2.24, 2.45) is 0 Å². The Hall–Kier alpha value is -4.29. The molecule has 2 N–H and O–H groups in total. The third-order valence-electron chi connectivity index (χ3n) is 6.60. The molecule has 0 aliphatic carbocycles. The highest BCUT2D eigenvalue weighted by atomic mass is 35.5. The number of halogens is 1. The number of pyridine rings is 2. The second-order valence-electron chi connectivity index (χ2n) is 8.97. The smallest absolute Gasteiger partial charge is 0.125 e. The molecule has 0 radical (unpaired) electrons. The van der Waals surface area contributed by atoms with Crippen LogP contribution in [0.1, 0.15) is 11.1 Å². The van der Waals surface area contributed by atoms with Crippen LogP contribution in [0.5, 0.6) is 5.75 Å². The average molecular weight is 535 g/mol. The van der Waals surface area contributed by atoms with Crippen LogP contribution < -0.4 is 4.74 Å². The normalized spacial score (nSPS) is 10.8. The van der Waals surface area contributed by atoms with Crippen LogP contribution in [-0.2, 0) is 13.2 Å². The van der Waals surface area contributed by atoms with Crippen molar-refractivity contribution >= 4 is 33.1 Å². The Morgan fingerprint density at radius 3 is 1.62 bits per heavy atom. The molecule has 2 aromatic heterocycles. The molecule has 6 rings (SSSR count). The minimum atomic E-state index is -0.0642. The van der Waals surface area contributed by atoms with E-state index in [1.165, 1.54) is 0 Å². The van der Waals surface area contributed by atoms with Crippen molar-refractivity contribution in [2.75, 3.05) is 7.11 Å². The number of fused-ring (bicyclic) bond motifs is 2. The van der Waals surface area contributed by atoms with Gasteiger partial charge in [0.05, 0.1) is 20.3 Å². The molecular weight excluding hydrogens is 508 g/mol. The number of hydrogen-bond acceptors (Lipinski definition) is 5. The number of rotatable bonds is 5. The maximum atomic E-state index is 9.47. The number of hydrogen-bond donors (Lipinski definition) is 2. The molecule has 5 nitrogen and oxygen atoms in total. The van der Waals surface area contributed by atoms with Gasteiger partial charge in [0.25, 0.3) is 0 Å². The molecule has 39 heavy (non-hydrogen) atoms. The Morgan fingerprint density at radius 1 is 0.641 bits per heavy atom. The minimum absolute atomic E-state index is 0.0460. The Kier molecular flexibility index (Phi) is 8.13. The van der Waals surface area contributed by atoms with E-state index in [-0.39, 0.29) is 13.2 Å². The van der Waals surface area contributed by atoms with Crippen molar-refractivity contribution in [3.8, 4) is 28.0 Å². The molecule has 0 bridgehead atoms. The summed E-state index contributed by atoms with van der Waals surface area (Å²) in [5.74, 6) is 0.687. The predicted octanol–water partition coefficient (Wildman–Crippen LogP) is 7.45. The lowest BCUT2D eigenvalue weighted by molar-refractivity contribution is 0.274. The first-order valence-electron chi connectivity index (χ1n) is 12.5. The quantitative estimate of drug-likeness (QED) is 0.240. The van der Waals surface area contributed by atoms with Gasteiger partial charge in [-0.05, 0) is 51.7 Å². The highest BCUT2D eigenvalue weighted by Crippen LogP contribution is 2.33. The Labute approximate surface area is 232 Å². The van der Waals surface area contributed by atoms with Crippen molar-refractivity contribution in [1.29, 1.82) is 0 Å². The van der Waals surface area contributed by atoms with Crippen molar-refractivity contribution in [1.82, 2.24) is 9.97 Å². The van der Waals surface area contributed by atoms with Crippen LogP contribution in [0.2, 0.25) is 5.02 Å². The second kappa shape index (κ2) is 12.0. The summed E-state index contributed by atoms with van der Waals surface area (Å²) in [5, 5.41) is 23.5. The van der Waals surface area contributed by atoms with Crippen molar-refractivity contribution in [3.05, 3.63) is 126 Å². The topological polar surface area (TPSA) is 75.5 Å². The molecule has 4 aromatic carbocycles. The standard InChI is InChI=1S/C17H15NO2.C16H12ClNO/c1-20-17-8-13-9-18-10-16(12-5-3-2-4-6-12)15(13)7-14(17)11-19;17-16-7-12-8-18-9-15(11-4-2-1-3-5-11)14(12)6-13(16)10-19/h2-10,19H,11H2,1H3;1-9,19H,10H2. The van der Waals surface area contributed by atoms with Gasteiger partial charge in [-0.15, -0.1) is 0 Å². The highest BCUT2D eigenvalue weighted by molar-refractivity contribution is 6.32. The number of nitrogens with zero attached hydrogens (tertiary/aromatic N) is 2. The van der Waals surface area contributed by atoms with Crippen LogP contribution in [0.3, 0.4) is 0 Å². The van der Waals surface area contributed by atoms with Crippen molar-refractivity contribution < 1.29 is 14.9 Å². The SMILES string of the molecule is COc1cc2cncc(-c3ccccc3)c2cc1CO.OCc1cc2c(-c3ccccc3)cncc2cc1Cl. The van der Waals surface area contributed by atoms with E-state index in [0.717, 1.165) is 54.9 Å². The molecule has 6 heteroatoms. The van der Waals surface area contributed by atoms with Gasteiger partial charge in [0.1, 0.15) is 5.75 Å². The first-order chi connectivity index (χ1) is 19.1. The summed E-state index contributed by atoms with van der Waals surface area (Å²) >= 11 is 6.11. The molecule has 0 spiro atoms. The molecule has 0 unspecified atom stereocenters. The number of aromatic nitrogens is 2. The van der Waals surface area contributed by atoms with E-state index >= 15 is 0 Å². The van der Waals surface area contributed by atoms with Crippen molar-refractivity contribution in [3.63, 3.8) is 0 Å². The van der Waals surface area contributed by atoms with E-state index in [9.17, 15) is 10.2 Å². The fourth-order valence-electron chi connectivity index (χ4n) is 4.61. The Balaban J connectivity index is 0.000000158. The fraction of sp³-hybridized carbons (Fsp3) is 0.0909. The lowest BCUT2D eigenvalue weighted by atomic mass is 9.99. The van der Waals surface area contributed by atoms with Gasteiger partial charge in [-0.25, -0.2) is 0 Å². The first-order valence-corrected chi connectivity index (χ1v) is 12.8. The summed E-state index contributed by atoms with van der Waals surface area (Å²) < 4.78 is 5.30. The molecule has 0 aliphatic rings. The summed E-state index contributed by atoms with van der Waals surface area (Å²) in [4.78, 5) is 8.57. The molecule has 0 saturated carbocycles. The number of aliphatic hydroxyl groups excluding tert-OH is 2. The van der Waals surface area contributed by atoms with Gasteiger partial charge in [0.2, 0.25) is 0 Å². The van der Waals surface area contributed by atoms with Crippen LogP contribution >= 0.6 is 11.6 Å². The summed E-state index contributed by atoms with van der Waals surface area (Å²) in [6, 6.07) is 27.8. The zero-order valence-electron chi connectivity index (χ0n) is 21.4. The molecule has 0 fully saturated rings. The largest absolute Gasteiger partial charge is 0.496 e. The van der Waals surface area contributed by atoms with Gasteiger partial charge in [-0.1, -0.05) is 72.3 Å². The highest BCUT2D eigenvalue weighted by Gasteiger charge is 2.10. The second-order valence-corrected chi connectivity index (χ2v) is 9.38. The molecular formula is C33H27ClN2O3. The third-order valence-corrected chi connectivity index (χ3v) is 6.95. The fourth-order valence-corrected chi connectivity index (χ4v) is 4.84. The van der Waals surface area contributed by atoms with E-state index < -0.39 is 0 Å². The van der Waals surface area contributed by atoms with Crippen molar-refractivity contribution in [2.45, 2.75) is 13.2 Å². The van der Waals surface area contributed by atoms with E-state index in [4.69, 9.17) is 16.3 Å². The molecule has 0 amide bonds. The number of benzene rings is 4. The lowest BCUT2D eigenvalue weighted by Gasteiger charge is -2.11. The zero-order chi connectivity index (χ0) is 27.2. The molecule has 2 heterocycles. The van der Waals surface area contributed by atoms with Crippen LogP contribution in [0.25, 0.3) is 43.8 Å². The predicted molar refractivity (Wildman–Crippen MR) is 158 cm³/mol. The van der Waals surface area contributed by atoms with Crippen LogP contribution in [0.15, 0.2) is 110 Å². The number of methoxy groups -OCH3 is 1. The van der Waals surface area contributed by atoms with E-state index in [1.54, 1.807) is 13.3 Å². The van der Waals surface area contributed by atoms with Crippen LogP contribution in [0, 0.1) is 0 Å². The number of aliphatic hydroxyl groups is 2.